The molecule has 0 bridgehead atoms. The monoisotopic (exact) mass is 268 g/mol. The van der Waals surface area contributed by atoms with Gasteiger partial charge in [-0.25, -0.2) is 4.39 Å². The van der Waals surface area contributed by atoms with Gasteiger partial charge in [-0.05, 0) is 25.5 Å². The Labute approximate surface area is 110 Å². The number of hydrogen-bond donors (Lipinski definition) is 1. The Balaban J connectivity index is 1.99. The molecule has 96 valence electrons. The summed E-state index contributed by atoms with van der Waals surface area (Å²) in [6, 6.07) is 4.79. The SMILES string of the molecule is Cc1noc(C)c1CNCc1cccc(F)c1Cl. The molecule has 0 spiro atoms. The maximum Gasteiger partial charge on any atom is 0.142 e. The van der Waals surface area contributed by atoms with E-state index >= 15 is 0 Å². The van der Waals surface area contributed by atoms with Crippen LogP contribution in [0, 0.1) is 19.7 Å². The number of halogens is 2. The van der Waals surface area contributed by atoms with Crippen molar-refractivity contribution in [2.75, 3.05) is 0 Å². The van der Waals surface area contributed by atoms with Gasteiger partial charge in [-0.1, -0.05) is 28.9 Å². The predicted octanol–water partition coefficient (Wildman–Crippen LogP) is 3.37. The quantitative estimate of drug-likeness (QED) is 0.924. The summed E-state index contributed by atoms with van der Waals surface area (Å²) in [5.74, 6) is 0.402. The normalized spacial score (nSPS) is 10.9. The van der Waals surface area contributed by atoms with Crippen molar-refractivity contribution < 1.29 is 8.91 Å². The van der Waals surface area contributed by atoms with Crippen molar-refractivity contribution in [3.05, 3.63) is 51.6 Å². The van der Waals surface area contributed by atoms with E-state index in [9.17, 15) is 4.39 Å². The summed E-state index contributed by atoms with van der Waals surface area (Å²) in [6.07, 6.45) is 0. The maximum absolute atomic E-state index is 13.2. The minimum atomic E-state index is -0.395. The molecular formula is C13H14ClFN2O. The number of benzene rings is 1. The zero-order valence-electron chi connectivity index (χ0n) is 10.3. The second-order valence-corrected chi connectivity index (χ2v) is 4.50. The number of aromatic nitrogens is 1. The summed E-state index contributed by atoms with van der Waals surface area (Å²) in [5.41, 5.74) is 2.64. The van der Waals surface area contributed by atoms with Gasteiger partial charge in [0, 0.05) is 18.7 Å². The van der Waals surface area contributed by atoms with Gasteiger partial charge in [-0.3, -0.25) is 0 Å². The molecular weight excluding hydrogens is 255 g/mol. The lowest BCUT2D eigenvalue weighted by molar-refractivity contribution is 0.392. The summed E-state index contributed by atoms with van der Waals surface area (Å²) in [6.45, 7) is 4.88. The molecule has 0 aliphatic rings. The predicted molar refractivity (Wildman–Crippen MR) is 67.9 cm³/mol. The van der Waals surface area contributed by atoms with E-state index in [0.717, 1.165) is 22.6 Å². The van der Waals surface area contributed by atoms with Gasteiger partial charge in [0.25, 0.3) is 0 Å². The summed E-state index contributed by atoms with van der Waals surface area (Å²) in [4.78, 5) is 0. The Kier molecular flexibility index (Phi) is 3.99. The zero-order chi connectivity index (χ0) is 13.1. The summed E-state index contributed by atoms with van der Waals surface area (Å²) >= 11 is 5.87. The van der Waals surface area contributed by atoms with Gasteiger partial charge < -0.3 is 9.84 Å². The van der Waals surface area contributed by atoms with Crippen molar-refractivity contribution in [3.8, 4) is 0 Å². The lowest BCUT2D eigenvalue weighted by Crippen LogP contribution is -2.14. The van der Waals surface area contributed by atoms with Gasteiger partial charge >= 0.3 is 0 Å². The van der Waals surface area contributed by atoms with Crippen molar-refractivity contribution in [3.63, 3.8) is 0 Å². The van der Waals surface area contributed by atoms with Crippen LogP contribution in [0.2, 0.25) is 5.02 Å². The number of rotatable bonds is 4. The van der Waals surface area contributed by atoms with Crippen LogP contribution in [0.15, 0.2) is 22.7 Å². The number of hydrogen-bond acceptors (Lipinski definition) is 3. The van der Waals surface area contributed by atoms with Crippen molar-refractivity contribution in [2.45, 2.75) is 26.9 Å². The molecule has 0 atom stereocenters. The topological polar surface area (TPSA) is 38.1 Å². The first-order valence-electron chi connectivity index (χ1n) is 5.65. The lowest BCUT2D eigenvalue weighted by Gasteiger charge is -2.07. The number of nitrogens with one attached hydrogen (secondary N) is 1. The summed E-state index contributed by atoms with van der Waals surface area (Å²) in [5, 5.41) is 7.25. The molecule has 1 N–H and O–H groups in total. The second-order valence-electron chi connectivity index (χ2n) is 4.12. The van der Waals surface area contributed by atoms with E-state index in [0.29, 0.717) is 13.1 Å². The molecule has 0 radical (unpaired) electrons. The molecule has 5 heteroatoms. The molecule has 3 nitrogen and oxygen atoms in total. The Hall–Kier alpha value is -1.39. The van der Waals surface area contributed by atoms with Gasteiger partial charge in [0.05, 0.1) is 10.7 Å². The van der Waals surface area contributed by atoms with Gasteiger partial charge in [-0.2, -0.15) is 0 Å². The molecule has 0 fully saturated rings. The molecule has 0 saturated carbocycles. The first-order chi connectivity index (χ1) is 8.59. The second kappa shape index (κ2) is 5.50. The molecule has 1 heterocycles. The molecule has 18 heavy (non-hydrogen) atoms. The van der Waals surface area contributed by atoms with Crippen LogP contribution < -0.4 is 5.32 Å². The van der Waals surface area contributed by atoms with Crippen LogP contribution in [0.25, 0.3) is 0 Å². The van der Waals surface area contributed by atoms with Crippen LogP contribution in [0.5, 0.6) is 0 Å². The molecule has 0 aliphatic carbocycles. The highest BCUT2D eigenvalue weighted by Gasteiger charge is 2.09. The molecule has 1 aromatic carbocycles. The van der Waals surface area contributed by atoms with Crippen LogP contribution in [0.4, 0.5) is 4.39 Å². The van der Waals surface area contributed by atoms with Crippen molar-refractivity contribution >= 4 is 11.6 Å². The van der Waals surface area contributed by atoms with Gasteiger partial charge in [0.15, 0.2) is 0 Å². The minimum absolute atomic E-state index is 0.170. The lowest BCUT2D eigenvalue weighted by atomic mass is 10.2. The highest BCUT2D eigenvalue weighted by molar-refractivity contribution is 6.31. The largest absolute Gasteiger partial charge is 0.361 e. The third-order valence-electron chi connectivity index (χ3n) is 2.83. The highest BCUT2D eigenvalue weighted by Crippen LogP contribution is 2.19. The Morgan fingerprint density at radius 2 is 2.11 bits per heavy atom. The van der Waals surface area contributed by atoms with Gasteiger partial charge in [-0.15, -0.1) is 0 Å². The van der Waals surface area contributed by atoms with Crippen LogP contribution >= 0.6 is 11.6 Å². The van der Waals surface area contributed by atoms with E-state index in [2.05, 4.69) is 10.5 Å². The van der Waals surface area contributed by atoms with E-state index in [1.54, 1.807) is 12.1 Å². The fraction of sp³-hybridized carbons (Fsp3) is 0.308. The molecule has 1 aromatic heterocycles. The van der Waals surface area contributed by atoms with Crippen LogP contribution in [-0.4, -0.2) is 5.16 Å². The maximum atomic E-state index is 13.2. The smallest absolute Gasteiger partial charge is 0.142 e. The third kappa shape index (κ3) is 2.71. The van der Waals surface area contributed by atoms with Crippen molar-refractivity contribution in [1.82, 2.24) is 10.5 Å². The number of nitrogens with zero attached hydrogens (tertiary/aromatic N) is 1. The Morgan fingerprint density at radius 3 is 2.78 bits per heavy atom. The minimum Gasteiger partial charge on any atom is -0.361 e. The van der Waals surface area contributed by atoms with Gasteiger partial charge in [0.2, 0.25) is 0 Å². The van der Waals surface area contributed by atoms with Crippen LogP contribution in [0.3, 0.4) is 0 Å². The molecule has 0 unspecified atom stereocenters. The van der Waals surface area contributed by atoms with Crippen LogP contribution in [-0.2, 0) is 13.1 Å². The van der Waals surface area contributed by atoms with Crippen LogP contribution in [0.1, 0.15) is 22.6 Å². The van der Waals surface area contributed by atoms with E-state index in [1.807, 2.05) is 13.8 Å². The molecule has 0 amide bonds. The van der Waals surface area contributed by atoms with Crippen molar-refractivity contribution in [1.29, 1.82) is 0 Å². The average Bonchev–Trinajstić information content (AvgIpc) is 2.66. The van der Waals surface area contributed by atoms with Crippen molar-refractivity contribution in [2.24, 2.45) is 0 Å². The first kappa shape index (κ1) is 13.1. The highest BCUT2D eigenvalue weighted by atomic mass is 35.5. The fourth-order valence-electron chi connectivity index (χ4n) is 1.76. The van der Waals surface area contributed by atoms with E-state index in [-0.39, 0.29) is 5.02 Å². The Bertz CT molecular complexity index is 534. The van der Waals surface area contributed by atoms with E-state index < -0.39 is 5.82 Å². The Morgan fingerprint density at radius 1 is 1.33 bits per heavy atom. The van der Waals surface area contributed by atoms with E-state index in [4.69, 9.17) is 16.1 Å². The zero-order valence-corrected chi connectivity index (χ0v) is 11.0. The first-order valence-corrected chi connectivity index (χ1v) is 6.02. The molecule has 0 saturated heterocycles. The third-order valence-corrected chi connectivity index (χ3v) is 3.25. The van der Waals surface area contributed by atoms with E-state index in [1.165, 1.54) is 6.07 Å². The molecule has 2 aromatic rings. The summed E-state index contributed by atoms with van der Waals surface area (Å²) in [7, 11) is 0. The molecule has 0 aliphatic heterocycles. The summed E-state index contributed by atoms with van der Waals surface area (Å²) < 4.78 is 18.3. The van der Waals surface area contributed by atoms with Gasteiger partial charge in [0.1, 0.15) is 11.6 Å². The molecule has 2 rings (SSSR count). The fourth-order valence-corrected chi connectivity index (χ4v) is 1.95. The standard InChI is InChI=1S/C13H14ClFN2O/c1-8-11(9(2)18-17-8)7-16-6-10-4-3-5-12(15)13(10)14/h3-5,16H,6-7H2,1-2H3. The number of aryl methyl sites for hydroxylation is 2. The average molecular weight is 269 g/mol.